The Morgan fingerprint density at radius 2 is 2.26 bits per heavy atom. The quantitative estimate of drug-likeness (QED) is 0.853. The average molecular weight is 265 g/mol. The van der Waals surface area contributed by atoms with Gasteiger partial charge < -0.3 is 15.0 Å². The SMILES string of the molecule is CCOC(=O)c1nc(C)n(C2CCCC2(C)C)c1N. The number of carbonyl (C=O) groups is 1. The summed E-state index contributed by atoms with van der Waals surface area (Å²) in [4.78, 5) is 16.1. The third-order valence-corrected chi connectivity index (χ3v) is 4.11. The van der Waals surface area contributed by atoms with Gasteiger partial charge in [0, 0.05) is 6.04 Å². The number of ether oxygens (including phenoxy) is 1. The molecule has 2 rings (SSSR count). The smallest absolute Gasteiger partial charge is 0.360 e. The molecule has 5 nitrogen and oxygen atoms in total. The van der Waals surface area contributed by atoms with Gasteiger partial charge in [0.05, 0.1) is 6.61 Å². The van der Waals surface area contributed by atoms with Crippen molar-refractivity contribution in [2.75, 3.05) is 12.3 Å². The molecule has 1 aliphatic rings. The molecule has 0 bridgehead atoms. The van der Waals surface area contributed by atoms with Crippen molar-refractivity contribution >= 4 is 11.8 Å². The van der Waals surface area contributed by atoms with Gasteiger partial charge in [0.1, 0.15) is 11.6 Å². The van der Waals surface area contributed by atoms with Crippen molar-refractivity contribution in [3.8, 4) is 0 Å². The minimum atomic E-state index is -0.433. The normalized spacial score (nSPS) is 21.6. The van der Waals surface area contributed by atoms with Gasteiger partial charge >= 0.3 is 5.97 Å². The first-order valence-corrected chi connectivity index (χ1v) is 6.90. The highest BCUT2D eigenvalue weighted by atomic mass is 16.5. The van der Waals surface area contributed by atoms with E-state index in [-0.39, 0.29) is 11.1 Å². The van der Waals surface area contributed by atoms with Crippen LogP contribution in [0.3, 0.4) is 0 Å². The van der Waals surface area contributed by atoms with Crippen LogP contribution in [0.5, 0.6) is 0 Å². The van der Waals surface area contributed by atoms with E-state index in [0.29, 0.717) is 18.5 Å². The second-order valence-electron chi connectivity index (χ2n) is 5.88. The Kier molecular flexibility index (Phi) is 3.56. The fraction of sp³-hybridized carbons (Fsp3) is 0.714. The van der Waals surface area contributed by atoms with E-state index < -0.39 is 5.97 Å². The van der Waals surface area contributed by atoms with Gasteiger partial charge in [-0.15, -0.1) is 0 Å². The number of nitrogens with two attached hydrogens (primary N) is 1. The van der Waals surface area contributed by atoms with Crippen LogP contribution in [0, 0.1) is 12.3 Å². The number of imidazole rings is 1. The number of aryl methyl sites for hydroxylation is 1. The van der Waals surface area contributed by atoms with E-state index in [1.807, 2.05) is 11.5 Å². The molecule has 1 unspecified atom stereocenters. The van der Waals surface area contributed by atoms with E-state index in [9.17, 15) is 4.79 Å². The minimum absolute atomic E-state index is 0.186. The number of esters is 1. The lowest BCUT2D eigenvalue weighted by Gasteiger charge is -2.29. The Morgan fingerprint density at radius 1 is 1.58 bits per heavy atom. The fourth-order valence-corrected chi connectivity index (χ4v) is 3.09. The zero-order chi connectivity index (χ0) is 14.2. The van der Waals surface area contributed by atoms with Crippen LogP contribution in [0.1, 0.15) is 62.4 Å². The molecule has 0 saturated heterocycles. The van der Waals surface area contributed by atoms with Crippen LogP contribution >= 0.6 is 0 Å². The number of rotatable bonds is 3. The zero-order valence-corrected chi connectivity index (χ0v) is 12.2. The summed E-state index contributed by atoms with van der Waals surface area (Å²) in [6.45, 7) is 8.49. The van der Waals surface area contributed by atoms with E-state index in [2.05, 4.69) is 18.8 Å². The van der Waals surface area contributed by atoms with Gasteiger partial charge in [-0.25, -0.2) is 9.78 Å². The first-order chi connectivity index (χ1) is 8.88. The number of nitrogens with zero attached hydrogens (tertiary/aromatic N) is 2. The molecular weight excluding hydrogens is 242 g/mol. The molecule has 1 aliphatic carbocycles. The molecule has 0 radical (unpaired) electrons. The highest BCUT2D eigenvalue weighted by molar-refractivity contribution is 5.92. The summed E-state index contributed by atoms with van der Waals surface area (Å²) < 4.78 is 7.01. The van der Waals surface area contributed by atoms with Crippen LogP contribution in [0.25, 0.3) is 0 Å². The average Bonchev–Trinajstić information content (AvgIpc) is 2.79. The lowest BCUT2D eigenvalue weighted by molar-refractivity contribution is 0.0521. The van der Waals surface area contributed by atoms with Gasteiger partial charge in [-0.1, -0.05) is 20.3 Å². The Hall–Kier alpha value is -1.52. The van der Waals surface area contributed by atoms with Crippen molar-refractivity contribution in [2.45, 2.75) is 53.0 Å². The van der Waals surface area contributed by atoms with Crippen molar-refractivity contribution in [3.05, 3.63) is 11.5 Å². The summed E-state index contributed by atoms with van der Waals surface area (Å²) in [5.41, 5.74) is 6.57. The molecule has 106 valence electrons. The zero-order valence-electron chi connectivity index (χ0n) is 12.2. The lowest BCUT2D eigenvalue weighted by Crippen LogP contribution is -2.24. The van der Waals surface area contributed by atoms with Crippen molar-refractivity contribution < 1.29 is 9.53 Å². The molecule has 19 heavy (non-hydrogen) atoms. The summed E-state index contributed by atoms with van der Waals surface area (Å²) in [6, 6.07) is 0.308. The summed E-state index contributed by atoms with van der Waals surface area (Å²) in [5.74, 6) is 0.800. The van der Waals surface area contributed by atoms with Crippen LogP contribution in [-0.2, 0) is 4.74 Å². The van der Waals surface area contributed by atoms with E-state index >= 15 is 0 Å². The number of hydrogen-bond donors (Lipinski definition) is 1. The standard InChI is InChI=1S/C14H23N3O2/c1-5-19-13(18)11-12(15)17(9(2)16-11)10-7-6-8-14(10,3)4/h10H,5-8,15H2,1-4H3. The highest BCUT2D eigenvalue weighted by Crippen LogP contribution is 2.47. The summed E-state index contributed by atoms with van der Waals surface area (Å²) in [6.07, 6.45) is 3.43. The Morgan fingerprint density at radius 3 is 2.79 bits per heavy atom. The third-order valence-electron chi connectivity index (χ3n) is 4.11. The van der Waals surface area contributed by atoms with Gasteiger partial charge in [-0.3, -0.25) is 0 Å². The van der Waals surface area contributed by atoms with Crippen LogP contribution in [0.4, 0.5) is 5.82 Å². The molecule has 0 aliphatic heterocycles. The topological polar surface area (TPSA) is 70.1 Å². The minimum Gasteiger partial charge on any atom is -0.461 e. The maximum Gasteiger partial charge on any atom is 0.360 e. The molecule has 2 N–H and O–H groups in total. The Balaban J connectivity index is 2.40. The van der Waals surface area contributed by atoms with Crippen molar-refractivity contribution in [2.24, 2.45) is 5.41 Å². The number of hydrogen-bond acceptors (Lipinski definition) is 4. The maximum atomic E-state index is 11.8. The molecule has 0 amide bonds. The van der Waals surface area contributed by atoms with Crippen LogP contribution in [0.2, 0.25) is 0 Å². The second kappa shape index (κ2) is 4.87. The molecular formula is C14H23N3O2. The summed E-state index contributed by atoms with van der Waals surface area (Å²) in [7, 11) is 0. The highest BCUT2D eigenvalue weighted by Gasteiger charge is 2.38. The van der Waals surface area contributed by atoms with E-state index in [1.165, 1.54) is 12.8 Å². The second-order valence-corrected chi connectivity index (χ2v) is 5.88. The molecule has 1 aromatic rings. The van der Waals surface area contributed by atoms with Gasteiger partial charge in [0.2, 0.25) is 0 Å². The predicted octanol–water partition coefficient (Wildman–Crippen LogP) is 2.70. The van der Waals surface area contributed by atoms with E-state index in [0.717, 1.165) is 12.2 Å². The third kappa shape index (κ3) is 2.33. The number of anilines is 1. The molecule has 0 spiro atoms. The predicted molar refractivity (Wildman–Crippen MR) is 74.0 cm³/mol. The van der Waals surface area contributed by atoms with Crippen molar-refractivity contribution in [3.63, 3.8) is 0 Å². The summed E-state index contributed by atoms with van der Waals surface area (Å²) in [5, 5.41) is 0. The lowest BCUT2D eigenvalue weighted by atomic mass is 9.87. The van der Waals surface area contributed by atoms with Crippen molar-refractivity contribution in [1.29, 1.82) is 0 Å². The van der Waals surface area contributed by atoms with Gasteiger partial charge in [-0.05, 0) is 32.1 Å². The maximum absolute atomic E-state index is 11.8. The molecule has 1 fully saturated rings. The Bertz CT molecular complexity index is 491. The largest absolute Gasteiger partial charge is 0.461 e. The summed E-state index contributed by atoms with van der Waals surface area (Å²) >= 11 is 0. The van der Waals surface area contributed by atoms with Gasteiger partial charge in [-0.2, -0.15) is 0 Å². The number of aromatic nitrogens is 2. The van der Waals surface area contributed by atoms with E-state index in [1.54, 1.807) is 6.92 Å². The van der Waals surface area contributed by atoms with Crippen molar-refractivity contribution in [1.82, 2.24) is 9.55 Å². The van der Waals surface area contributed by atoms with Gasteiger partial charge in [0.25, 0.3) is 0 Å². The first-order valence-electron chi connectivity index (χ1n) is 6.90. The number of carbonyl (C=O) groups excluding carboxylic acids is 1. The van der Waals surface area contributed by atoms with Crippen LogP contribution < -0.4 is 5.73 Å². The van der Waals surface area contributed by atoms with E-state index in [4.69, 9.17) is 10.5 Å². The number of nitrogen functional groups attached to an aromatic ring is 1. The molecule has 1 aromatic heterocycles. The monoisotopic (exact) mass is 265 g/mol. The molecule has 5 heteroatoms. The van der Waals surface area contributed by atoms with Crippen LogP contribution in [-0.4, -0.2) is 22.1 Å². The molecule has 1 heterocycles. The molecule has 0 aromatic carbocycles. The fourth-order valence-electron chi connectivity index (χ4n) is 3.09. The first kappa shape index (κ1) is 13.9. The molecule has 1 atom stereocenters. The van der Waals surface area contributed by atoms with Crippen LogP contribution in [0.15, 0.2) is 0 Å². The Labute approximate surface area is 114 Å². The molecule has 1 saturated carbocycles. The van der Waals surface area contributed by atoms with Gasteiger partial charge in [0.15, 0.2) is 5.69 Å².